The number of nitrogen functional groups attached to an aromatic ring is 2. The van der Waals surface area contributed by atoms with Gasteiger partial charge in [-0.2, -0.15) is 4.98 Å². The number of rotatable bonds is 2. The highest BCUT2D eigenvalue weighted by atomic mass is 32.5. The molecule has 1 aliphatic heterocycles. The minimum absolute atomic E-state index is 0.0503. The molecule has 3 saturated carbocycles. The van der Waals surface area contributed by atoms with Crippen LogP contribution >= 0.6 is 14.5 Å². The molecule has 1 saturated heterocycles. The molecular weight excluding hydrogens is 694 g/mol. The largest absolute Gasteiger partial charge is 0.472 e. The van der Waals surface area contributed by atoms with Crippen LogP contribution in [0.1, 0.15) is 32.4 Å². The van der Waals surface area contributed by atoms with E-state index >= 15 is 0 Å². The fraction of sp³-hybridized carbons (Fsp3) is 0.600. The summed E-state index contributed by atoms with van der Waals surface area (Å²) in [6.07, 6.45) is -1.10. The standard InChI is InChI=1S/C25H32N10O10P2S/c1-9-13(34-8-31-12-21(34)32-23(27)33-22(12)38)16-17(37)24(9,2)4-43-47(41,48)45-18-15(36)14(10-3-25(10,18)5-42-46(39,40)44-16)35-7-30-11-19(26)28-6-29-20(11)35/h6-10,13-18,36-37H,3-5H2,1-2H3,(H,39,40)(H,41,48)(H2,26,28,29)(H3,27,32,33,38)/t9-,10-,13-,14-,15+,16+,17+,18+,24+,25+,47?/m1/s1. The molecular formula is C25H32N10O10P2S. The highest BCUT2D eigenvalue weighted by Crippen LogP contribution is 2.72. The van der Waals surface area contributed by atoms with E-state index in [4.69, 9.17) is 41.4 Å². The van der Waals surface area contributed by atoms with Crippen molar-refractivity contribution in [1.82, 2.24) is 39.0 Å². The van der Waals surface area contributed by atoms with Crippen molar-refractivity contribution in [3.05, 3.63) is 29.3 Å². The van der Waals surface area contributed by atoms with Gasteiger partial charge in [0, 0.05) is 10.8 Å². The monoisotopic (exact) mass is 726 g/mol. The molecule has 2 bridgehead atoms. The SMILES string of the molecule is C[C@@H]1[C@@H](n2cnc3c(=O)[nH]c(N)nc32)[C@@H]2OP(=O)(O)OC[C@@]34C[C@@H]3[C@@H](n3cnc5c(N)ncnc53)[C@H](O)[C@@H]4OP(O)(=S)OC[C@]1(C)[C@H]2O. The van der Waals surface area contributed by atoms with E-state index in [1.54, 1.807) is 18.4 Å². The Bertz CT molecular complexity index is 2130. The van der Waals surface area contributed by atoms with Gasteiger partial charge in [-0.25, -0.2) is 24.5 Å². The zero-order valence-electron chi connectivity index (χ0n) is 25.3. The summed E-state index contributed by atoms with van der Waals surface area (Å²) in [5, 5.41) is 23.4. The van der Waals surface area contributed by atoms with Crippen LogP contribution in [0.25, 0.3) is 22.3 Å². The highest BCUT2D eigenvalue weighted by Gasteiger charge is 2.74. The van der Waals surface area contributed by atoms with Crippen molar-refractivity contribution in [1.29, 1.82) is 0 Å². The van der Waals surface area contributed by atoms with Crippen molar-refractivity contribution in [3.8, 4) is 0 Å². The van der Waals surface area contributed by atoms with Crippen LogP contribution in [0.4, 0.5) is 11.8 Å². The van der Waals surface area contributed by atoms with E-state index in [9.17, 15) is 29.4 Å². The summed E-state index contributed by atoms with van der Waals surface area (Å²) >= 11 is 5.44. The number of aliphatic hydroxyl groups excluding tert-OH is 2. The number of aromatic amines is 1. The molecule has 0 aromatic carbocycles. The van der Waals surface area contributed by atoms with E-state index in [0.717, 1.165) is 0 Å². The number of H-pyrrole nitrogens is 1. The molecule has 2 unspecified atom stereocenters. The quantitative estimate of drug-likeness (QED) is 0.131. The van der Waals surface area contributed by atoms with Crippen molar-refractivity contribution >= 4 is 60.4 Å². The summed E-state index contributed by atoms with van der Waals surface area (Å²) in [6.45, 7) is -1.65. The minimum Gasteiger partial charge on any atom is -0.390 e. The predicted molar refractivity (Wildman–Crippen MR) is 168 cm³/mol. The summed E-state index contributed by atoms with van der Waals surface area (Å²) in [7, 11) is -4.97. The fourth-order valence-electron chi connectivity index (χ4n) is 7.94. The molecule has 48 heavy (non-hydrogen) atoms. The Morgan fingerprint density at radius 1 is 1.02 bits per heavy atom. The van der Waals surface area contributed by atoms with Gasteiger partial charge in [-0.15, -0.1) is 0 Å². The Morgan fingerprint density at radius 2 is 1.73 bits per heavy atom. The maximum Gasteiger partial charge on any atom is 0.472 e. The Labute approximate surface area is 275 Å². The molecule has 1 spiro atoms. The number of hydrogen-bond acceptors (Lipinski definition) is 16. The molecule has 5 heterocycles. The molecule has 8 rings (SSSR count). The van der Waals surface area contributed by atoms with Crippen molar-refractivity contribution < 1.29 is 42.7 Å². The van der Waals surface area contributed by atoms with E-state index < -0.39 is 85.9 Å². The minimum atomic E-state index is -4.97. The molecule has 4 aromatic heterocycles. The third-order valence-electron chi connectivity index (χ3n) is 10.7. The summed E-state index contributed by atoms with van der Waals surface area (Å²) in [6, 6.07) is -1.68. The van der Waals surface area contributed by atoms with Crippen LogP contribution in [0.15, 0.2) is 23.8 Å². The number of hydrogen-bond donors (Lipinski definition) is 7. The van der Waals surface area contributed by atoms with Gasteiger partial charge in [-0.3, -0.25) is 18.8 Å². The van der Waals surface area contributed by atoms with Gasteiger partial charge in [-0.05, 0) is 30.1 Å². The molecule has 3 aliphatic carbocycles. The molecule has 258 valence electrons. The topological polar surface area (TPSA) is 294 Å². The zero-order valence-corrected chi connectivity index (χ0v) is 27.9. The van der Waals surface area contributed by atoms with Gasteiger partial charge in [-0.1, -0.05) is 13.8 Å². The summed E-state index contributed by atoms with van der Waals surface area (Å²) in [4.78, 5) is 58.3. The number of fused-ring (bicyclic) bond motifs is 4. The lowest BCUT2D eigenvalue weighted by molar-refractivity contribution is -0.0464. The van der Waals surface area contributed by atoms with Gasteiger partial charge in [0.1, 0.15) is 30.2 Å². The smallest absolute Gasteiger partial charge is 0.390 e. The lowest BCUT2D eigenvalue weighted by Crippen LogP contribution is -2.40. The molecule has 20 nitrogen and oxygen atoms in total. The van der Waals surface area contributed by atoms with E-state index in [1.165, 1.54) is 23.5 Å². The van der Waals surface area contributed by atoms with E-state index in [0.29, 0.717) is 17.6 Å². The number of imidazole rings is 2. The molecule has 9 N–H and O–H groups in total. The third-order valence-corrected chi connectivity index (χ3v) is 13.2. The lowest BCUT2D eigenvalue weighted by Gasteiger charge is -2.35. The molecule has 0 radical (unpaired) electrons. The number of nitrogens with zero attached hydrogens (tertiary/aromatic N) is 7. The molecule has 12 atom stereocenters. The first-order valence-electron chi connectivity index (χ1n) is 14.9. The van der Waals surface area contributed by atoms with E-state index in [2.05, 4.69) is 29.9 Å². The number of nitrogens with two attached hydrogens (primary N) is 2. The number of phosphoric ester groups is 1. The van der Waals surface area contributed by atoms with E-state index in [1.807, 2.05) is 0 Å². The van der Waals surface area contributed by atoms with Crippen LogP contribution in [0, 0.1) is 22.7 Å². The fourth-order valence-corrected chi connectivity index (χ4v) is 10.5. The average molecular weight is 727 g/mol. The van der Waals surface area contributed by atoms with Crippen molar-refractivity contribution in [3.63, 3.8) is 0 Å². The lowest BCUT2D eigenvalue weighted by atomic mass is 9.79. The maximum absolute atomic E-state index is 13.7. The number of anilines is 2. The van der Waals surface area contributed by atoms with Crippen molar-refractivity contribution in [2.75, 3.05) is 24.7 Å². The van der Waals surface area contributed by atoms with Crippen LogP contribution in [0.5, 0.6) is 0 Å². The van der Waals surface area contributed by atoms with Crippen LogP contribution in [0.3, 0.4) is 0 Å². The normalized spacial score (nSPS) is 43.0. The van der Waals surface area contributed by atoms with Crippen molar-refractivity contribution in [2.24, 2.45) is 22.7 Å². The van der Waals surface area contributed by atoms with Crippen molar-refractivity contribution in [2.45, 2.75) is 56.8 Å². The first-order chi connectivity index (χ1) is 22.6. The molecule has 0 amide bonds. The Kier molecular flexibility index (Phi) is 7.08. The predicted octanol–water partition coefficient (Wildman–Crippen LogP) is -0.262. The Balaban J connectivity index is 1.18. The second-order valence-electron chi connectivity index (χ2n) is 13.2. The van der Waals surface area contributed by atoms with Crippen LogP contribution in [0.2, 0.25) is 0 Å². The summed E-state index contributed by atoms with van der Waals surface area (Å²) in [5.74, 6) is -1.11. The second-order valence-corrected chi connectivity index (χ2v) is 17.4. The maximum atomic E-state index is 13.7. The highest BCUT2D eigenvalue weighted by molar-refractivity contribution is 8.07. The molecule has 4 aliphatic rings. The molecule has 4 fully saturated rings. The molecule has 23 heteroatoms. The number of phosphoric acid groups is 1. The number of aliphatic hydroxyl groups is 2. The first-order valence-corrected chi connectivity index (χ1v) is 19.0. The van der Waals surface area contributed by atoms with Gasteiger partial charge < -0.3 is 49.6 Å². The van der Waals surface area contributed by atoms with Crippen LogP contribution in [-0.2, 0) is 34.5 Å². The second kappa shape index (κ2) is 10.5. The van der Waals surface area contributed by atoms with Gasteiger partial charge in [0.15, 0.2) is 22.6 Å². The Morgan fingerprint density at radius 3 is 2.48 bits per heavy atom. The van der Waals surface area contributed by atoms with Gasteiger partial charge in [0.2, 0.25) is 5.95 Å². The number of nitrogens with one attached hydrogen (secondary N) is 1. The zero-order chi connectivity index (χ0) is 34.1. The van der Waals surface area contributed by atoms with Crippen LogP contribution in [-0.4, -0.2) is 96.7 Å². The average Bonchev–Trinajstić information content (AvgIpc) is 3.22. The summed E-state index contributed by atoms with van der Waals surface area (Å²) < 4.78 is 40.1. The summed E-state index contributed by atoms with van der Waals surface area (Å²) in [5.41, 5.74) is 9.44. The third kappa shape index (κ3) is 4.64. The number of aromatic nitrogens is 8. The Hall–Kier alpha value is -2.94. The van der Waals surface area contributed by atoms with Gasteiger partial charge in [0.25, 0.3) is 5.56 Å². The first kappa shape index (κ1) is 32.3. The van der Waals surface area contributed by atoms with E-state index in [-0.39, 0.29) is 29.5 Å². The van der Waals surface area contributed by atoms with Crippen LogP contribution < -0.4 is 17.0 Å². The van der Waals surface area contributed by atoms with Gasteiger partial charge >= 0.3 is 14.5 Å². The molecule has 4 aromatic rings. The van der Waals surface area contributed by atoms with Gasteiger partial charge in [0.05, 0.1) is 44.1 Å².